The van der Waals surface area contributed by atoms with Crippen molar-refractivity contribution in [1.29, 1.82) is 0 Å². The summed E-state index contributed by atoms with van der Waals surface area (Å²) in [6, 6.07) is 7.02. The summed E-state index contributed by atoms with van der Waals surface area (Å²) in [7, 11) is -3.60. The van der Waals surface area contributed by atoms with Gasteiger partial charge in [-0.3, -0.25) is 9.80 Å². The van der Waals surface area contributed by atoms with E-state index in [0.717, 1.165) is 55.5 Å². The van der Waals surface area contributed by atoms with Crippen LogP contribution in [0.2, 0.25) is 0 Å². The highest BCUT2D eigenvalue weighted by molar-refractivity contribution is 7.91. The standard InChI is InChI=1S/C27H37FN8O2S2/c1-20(22-2-4-23(28)5-3-22)36-19-30-14-25(36)17-32-6-10-35(11-7-32)40(37,38)26-15-31-27(39-26)34-9-8-33-16-21(13-29)12-24(33)18-34/h2-5,14-15,19-21,24H,6-13,16-18,29H2,1H3/t20-,21-,24+/m1/s1. The van der Waals surface area contributed by atoms with E-state index in [1.165, 1.54) is 29.7 Å². The molecule has 5 heterocycles. The number of imidazole rings is 1. The van der Waals surface area contributed by atoms with E-state index in [9.17, 15) is 12.8 Å². The fourth-order valence-corrected chi connectivity index (χ4v) is 8.93. The molecule has 10 nitrogen and oxygen atoms in total. The third-order valence-corrected chi connectivity index (χ3v) is 12.0. The maximum atomic E-state index is 13.5. The quantitative estimate of drug-likeness (QED) is 0.427. The zero-order chi connectivity index (χ0) is 27.9. The van der Waals surface area contributed by atoms with Gasteiger partial charge in [-0.05, 0) is 43.5 Å². The minimum Gasteiger partial charge on any atom is -0.345 e. The number of anilines is 1. The minimum atomic E-state index is -3.60. The number of thiazole rings is 1. The van der Waals surface area contributed by atoms with Crippen molar-refractivity contribution >= 4 is 26.5 Å². The Hall–Kier alpha value is -2.42. The summed E-state index contributed by atoms with van der Waals surface area (Å²) in [6.45, 7) is 9.34. The van der Waals surface area contributed by atoms with Gasteiger partial charge in [0.25, 0.3) is 10.0 Å². The van der Waals surface area contributed by atoms with Crippen molar-refractivity contribution < 1.29 is 12.8 Å². The Balaban J connectivity index is 1.05. The lowest BCUT2D eigenvalue weighted by Crippen LogP contribution is -2.50. The SMILES string of the molecule is C[C@H](c1ccc(F)cc1)n1cncc1CN1CCN(S(=O)(=O)c2cnc(N3CCN4C[C@@H](CN)C[C@H]4C3)s2)CC1. The Morgan fingerprint density at radius 1 is 1.07 bits per heavy atom. The normalized spacial score (nSPS) is 23.9. The summed E-state index contributed by atoms with van der Waals surface area (Å²) in [6.07, 6.45) is 6.28. The van der Waals surface area contributed by atoms with Gasteiger partial charge < -0.3 is 15.2 Å². The Morgan fingerprint density at radius 2 is 1.85 bits per heavy atom. The van der Waals surface area contributed by atoms with Crippen molar-refractivity contribution in [2.45, 2.75) is 36.2 Å². The zero-order valence-corrected chi connectivity index (χ0v) is 24.4. The van der Waals surface area contributed by atoms with Crippen LogP contribution in [0.1, 0.15) is 30.6 Å². The van der Waals surface area contributed by atoms with Crippen molar-refractivity contribution in [1.82, 2.24) is 28.6 Å². The van der Waals surface area contributed by atoms with E-state index in [1.54, 1.807) is 22.8 Å². The molecule has 0 radical (unpaired) electrons. The molecule has 2 aromatic heterocycles. The second kappa shape index (κ2) is 11.5. The first kappa shape index (κ1) is 27.7. The average molecular weight is 589 g/mol. The number of piperazine rings is 2. The molecule has 0 unspecified atom stereocenters. The third kappa shape index (κ3) is 5.55. The second-order valence-electron chi connectivity index (χ2n) is 11.1. The molecule has 0 aliphatic carbocycles. The van der Waals surface area contributed by atoms with Crippen LogP contribution in [0, 0.1) is 11.7 Å². The molecule has 2 N–H and O–H groups in total. The number of rotatable bonds is 8. The number of nitrogens with two attached hydrogens (primary N) is 1. The summed E-state index contributed by atoms with van der Waals surface area (Å²) >= 11 is 1.28. The van der Waals surface area contributed by atoms with Crippen LogP contribution in [0.4, 0.5) is 9.52 Å². The van der Waals surface area contributed by atoms with Gasteiger partial charge in [-0.1, -0.05) is 23.5 Å². The minimum absolute atomic E-state index is 0.0130. The molecular formula is C27H37FN8O2S2. The molecule has 216 valence electrons. The lowest BCUT2D eigenvalue weighted by Gasteiger charge is -2.37. The highest BCUT2D eigenvalue weighted by atomic mass is 32.2. The van der Waals surface area contributed by atoms with Gasteiger partial charge in [0.15, 0.2) is 9.34 Å². The number of hydrogen-bond acceptors (Lipinski definition) is 9. The largest absolute Gasteiger partial charge is 0.345 e. The summed E-state index contributed by atoms with van der Waals surface area (Å²) in [4.78, 5) is 15.9. The molecule has 0 spiro atoms. The van der Waals surface area contributed by atoms with Crippen molar-refractivity contribution in [3.8, 4) is 0 Å². The number of aromatic nitrogens is 3. The van der Waals surface area contributed by atoms with Gasteiger partial charge in [-0.2, -0.15) is 4.31 Å². The van der Waals surface area contributed by atoms with Crippen LogP contribution in [0.15, 0.2) is 47.2 Å². The smallest absolute Gasteiger partial charge is 0.254 e. The van der Waals surface area contributed by atoms with Crippen LogP contribution in [-0.2, 0) is 16.6 Å². The van der Waals surface area contributed by atoms with Crippen molar-refractivity contribution in [3.63, 3.8) is 0 Å². The molecule has 3 fully saturated rings. The molecule has 3 aliphatic heterocycles. The molecule has 6 rings (SSSR count). The molecule has 0 amide bonds. The van der Waals surface area contributed by atoms with Gasteiger partial charge in [0, 0.05) is 71.1 Å². The number of nitrogens with zero attached hydrogens (tertiary/aromatic N) is 7. The Bertz CT molecular complexity index is 1400. The highest BCUT2D eigenvalue weighted by Gasteiger charge is 2.37. The lowest BCUT2D eigenvalue weighted by molar-refractivity contribution is 0.178. The number of fused-ring (bicyclic) bond motifs is 1. The summed E-state index contributed by atoms with van der Waals surface area (Å²) in [5.74, 6) is 0.298. The Morgan fingerprint density at radius 3 is 2.60 bits per heavy atom. The summed E-state index contributed by atoms with van der Waals surface area (Å²) in [5, 5.41) is 0.789. The first-order chi connectivity index (χ1) is 19.3. The molecular weight excluding hydrogens is 551 g/mol. The Labute approximate surface area is 239 Å². The number of sulfonamides is 1. The third-order valence-electron chi connectivity index (χ3n) is 8.61. The van der Waals surface area contributed by atoms with E-state index in [4.69, 9.17) is 5.73 Å². The van der Waals surface area contributed by atoms with E-state index in [1.807, 2.05) is 6.20 Å². The van der Waals surface area contributed by atoms with Crippen LogP contribution in [0.25, 0.3) is 0 Å². The van der Waals surface area contributed by atoms with Gasteiger partial charge in [0.05, 0.1) is 24.3 Å². The van der Waals surface area contributed by atoms with Gasteiger partial charge in [0.2, 0.25) is 0 Å². The summed E-state index contributed by atoms with van der Waals surface area (Å²) in [5.41, 5.74) is 7.95. The van der Waals surface area contributed by atoms with Gasteiger partial charge in [-0.25, -0.2) is 22.8 Å². The fourth-order valence-electron chi connectivity index (χ4n) is 6.20. The molecule has 3 aromatic rings. The molecule has 40 heavy (non-hydrogen) atoms. The van der Waals surface area contributed by atoms with Crippen molar-refractivity contribution in [2.75, 3.05) is 63.8 Å². The predicted molar refractivity (Wildman–Crippen MR) is 153 cm³/mol. The van der Waals surface area contributed by atoms with Crippen LogP contribution in [0.3, 0.4) is 0 Å². The molecule has 3 aliphatic rings. The first-order valence-electron chi connectivity index (χ1n) is 14.0. The van der Waals surface area contributed by atoms with Gasteiger partial charge >= 0.3 is 0 Å². The van der Waals surface area contributed by atoms with E-state index in [0.29, 0.717) is 48.9 Å². The maximum Gasteiger partial charge on any atom is 0.254 e. The fraction of sp³-hybridized carbons (Fsp3) is 0.556. The van der Waals surface area contributed by atoms with Crippen molar-refractivity contribution in [3.05, 3.63) is 60.1 Å². The first-order valence-corrected chi connectivity index (χ1v) is 16.2. The van der Waals surface area contributed by atoms with Gasteiger partial charge in [-0.15, -0.1) is 0 Å². The van der Waals surface area contributed by atoms with E-state index >= 15 is 0 Å². The number of halogens is 1. The molecule has 0 bridgehead atoms. The average Bonchev–Trinajstić information content (AvgIpc) is 3.73. The topological polar surface area (TPSA) is 104 Å². The number of hydrogen-bond donors (Lipinski definition) is 1. The van der Waals surface area contributed by atoms with Crippen LogP contribution >= 0.6 is 11.3 Å². The molecule has 13 heteroatoms. The lowest BCUT2D eigenvalue weighted by atomic mass is 10.1. The van der Waals surface area contributed by atoms with E-state index < -0.39 is 10.0 Å². The molecule has 1 aromatic carbocycles. The number of benzene rings is 1. The highest BCUT2D eigenvalue weighted by Crippen LogP contribution is 2.33. The zero-order valence-electron chi connectivity index (χ0n) is 22.8. The maximum absolute atomic E-state index is 13.5. The second-order valence-corrected chi connectivity index (χ2v) is 14.3. The summed E-state index contributed by atoms with van der Waals surface area (Å²) < 4.78 is 44.4. The monoisotopic (exact) mass is 588 g/mol. The van der Waals surface area contributed by atoms with Crippen molar-refractivity contribution in [2.24, 2.45) is 11.7 Å². The van der Waals surface area contributed by atoms with E-state index in [-0.39, 0.29) is 11.9 Å². The van der Waals surface area contributed by atoms with Gasteiger partial charge in [0.1, 0.15) is 5.82 Å². The van der Waals surface area contributed by atoms with Crippen LogP contribution in [0.5, 0.6) is 0 Å². The Kier molecular flexibility index (Phi) is 7.94. The molecule has 0 saturated carbocycles. The van der Waals surface area contributed by atoms with E-state index in [2.05, 4.69) is 36.2 Å². The van der Waals surface area contributed by atoms with Crippen LogP contribution < -0.4 is 10.6 Å². The molecule has 3 atom stereocenters. The predicted octanol–water partition coefficient (Wildman–Crippen LogP) is 2.06. The van der Waals surface area contributed by atoms with Crippen LogP contribution in [-0.4, -0.2) is 102 Å². The molecule has 3 saturated heterocycles.